The normalized spacial score (nSPS) is 10.7. The average Bonchev–Trinajstić information content (AvgIpc) is 2.90. The molecular weight excluding hydrogens is 276 g/mol. The smallest absolute Gasteiger partial charge is 0.224 e. The highest BCUT2D eigenvalue weighted by atomic mass is 16.3. The quantitative estimate of drug-likeness (QED) is 0.677. The van der Waals surface area contributed by atoms with Gasteiger partial charge in [-0.1, -0.05) is 30.3 Å². The Labute approximate surface area is 128 Å². The molecule has 1 amide bonds. The zero-order chi connectivity index (χ0) is 15.4. The first kappa shape index (κ1) is 14.2. The summed E-state index contributed by atoms with van der Waals surface area (Å²) in [6, 6.07) is 17.0. The number of aromatic amines is 1. The Kier molecular flexibility index (Phi) is 4.10. The largest absolute Gasteiger partial charge is 0.508 e. The summed E-state index contributed by atoms with van der Waals surface area (Å²) in [5, 5.41) is 13.5. The molecule has 22 heavy (non-hydrogen) atoms. The number of hydrogen-bond acceptors (Lipinski definition) is 2. The second-order valence-corrected chi connectivity index (χ2v) is 5.33. The van der Waals surface area contributed by atoms with Gasteiger partial charge in [-0.05, 0) is 35.2 Å². The molecular formula is C18H18N2O2. The fourth-order valence-electron chi connectivity index (χ4n) is 2.52. The number of amides is 1. The molecule has 0 fully saturated rings. The number of H-pyrrole nitrogens is 1. The van der Waals surface area contributed by atoms with Crippen molar-refractivity contribution in [3.05, 3.63) is 65.9 Å². The Morgan fingerprint density at radius 1 is 1.09 bits per heavy atom. The molecule has 3 aromatic rings. The van der Waals surface area contributed by atoms with E-state index in [0.29, 0.717) is 6.54 Å². The number of benzene rings is 2. The molecule has 4 heteroatoms. The van der Waals surface area contributed by atoms with Gasteiger partial charge in [0.1, 0.15) is 5.75 Å². The van der Waals surface area contributed by atoms with Gasteiger partial charge in [-0.3, -0.25) is 4.79 Å². The monoisotopic (exact) mass is 294 g/mol. The maximum atomic E-state index is 11.9. The number of phenols is 1. The predicted octanol–water partition coefficient (Wildman–Crippen LogP) is 2.77. The number of aromatic hydroxyl groups is 1. The lowest BCUT2D eigenvalue weighted by Gasteiger charge is -2.05. The van der Waals surface area contributed by atoms with Crippen LogP contribution in [0, 0.1) is 0 Å². The molecule has 2 aromatic carbocycles. The molecule has 0 bridgehead atoms. The van der Waals surface area contributed by atoms with Crippen LogP contribution in [0.15, 0.2) is 54.6 Å². The average molecular weight is 294 g/mol. The van der Waals surface area contributed by atoms with Crippen molar-refractivity contribution in [3.8, 4) is 5.75 Å². The van der Waals surface area contributed by atoms with Crippen molar-refractivity contribution in [1.29, 1.82) is 0 Å². The molecule has 0 unspecified atom stereocenters. The summed E-state index contributed by atoms with van der Waals surface area (Å²) in [7, 11) is 0. The lowest BCUT2D eigenvalue weighted by Crippen LogP contribution is -2.27. The third-order valence-electron chi connectivity index (χ3n) is 3.58. The maximum Gasteiger partial charge on any atom is 0.224 e. The van der Waals surface area contributed by atoms with E-state index in [0.717, 1.165) is 23.2 Å². The van der Waals surface area contributed by atoms with E-state index < -0.39 is 0 Å². The van der Waals surface area contributed by atoms with Crippen LogP contribution in [-0.2, 0) is 17.6 Å². The van der Waals surface area contributed by atoms with Crippen LogP contribution >= 0.6 is 0 Å². The van der Waals surface area contributed by atoms with Crippen LogP contribution in [0.1, 0.15) is 11.3 Å². The lowest BCUT2D eigenvalue weighted by atomic mass is 10.1. The first-order valence-corrected chi connectivity index (χ1v) is 7.32. The molecule has 1 aromatic heterocycles. The SMILES string of the molecule is O=C(Cc1cccc(O)c1)NCCc1cc2ccccc2[nH]1. The van der Waals surface area contributed by atoms with E-state index in [4.69, 9.17) is 0 Å². The number of fused-ring (bicyclic) bond motifs is 1. The van der Waals surface area contributed by atoms with Crippen LogP contribution in [0.5, 0.6) is 5.75 Å². The van der Waals surface area contributed by atoms with E-state index in [9.17, 15) is 9.90 Å². The first-order chi connectivity index (χ1) is 10.7. The molecule has 0 saturated heterocycles. The van der Waals surface area contributed by atoms with Gasteiger partial charge < -0.3 is 15.4 Å². The predicted molar refractivity (Wildman–Crippen MR) is 86.8 cm³/mol. The van der Waals surface area contributed by atoms with E-state index in [1.54, 1.807) is 18.2 Å². The number of hydrogen-bond donors (Lipinski definition) is 3. The highest BCUT2D eigenvalue weighted by Crippen LogP contribution is 2.14. The first-order valence-electron chi connectivity index (χ1n) is 7.32. The summed E-state index contributed by atoms with van der Waals surface area (Å²) < 4.78 is 0. The van der Waals surface area contributed by atoms with E-state index >= 15 is 0 Å². The molecule has 112 valence electrons. The molecule has 3 rings (SSSR count). The number of carbonyl (C=O) groups excluding carboxylic acids is 1. The zero-order valence-electron chi connectivity index (χ0n) is 12.2. The fraction of sp³-hybridized carbons (Fsp3) is 0.167. The van der Waals surface area contributed by atoms with Gasteiger partial charge in [0.25, 0.3) is 0 Å². The highest BCUT2D eigenvalue weighted by Gasteiger charge is 2.05. The van der Waals surface area contributed by atoms with Crippen LogP contribution in [0.2, 0.25) is 0 Å². The topological polar surface area (TPSA) is 65.1 Å². The van der Waals surface area contributed by atoms with Gasteiger partial charge >= 0.3 is 0 Å². The molecule has 0 radical (unpaired) electrons. The third-order valence-corrected chi connectivity index (χ3v) is 3.58. The number of aromatic nitrogens is 1. The number of phenolic OH excluding ortho intramolecular Hbond substituents is 1. The van der Waals surface area contributed by atoms with Crippen molar-refractivity contribution in [2.24, 2.45) is 0 Å². The van der Waals surface area contributed by atoms with E-state index in [1.165, 1.54) is 5.39 Å². The van der Waals surface area contributed by atoms with Crippen LogP contribution in [-0.4, -0.2) is 22.5 Å². The van der Waals surface area contributed by atoms with Crippen LogP contribution in [0.4, 0.5) is 0 Å². The van der Waals surface area contributed by atoms with Crippen LogP contribution in [0.3, 0.4) is 0 Å². The Balaban J connectivity index is 1.51. The maximum absolute atomic E-state index is 11.9. The van der Waals surface area contributed by atoms with Crippen molar-refractivity contribution in [2.45, 2.75) is 12.8 Å². The van der Waals surface area contributed by atoms with E-state index in [2.05, 4.69) is 22.4 Å². The Morgan fingerprint density at radius 2 is 1.95 bits per heavy atom. The minimum atomic E-state index is -0.0401. The van der Waals surface area contributed by atoms with Crippen molar-refractivity contribution in [3.63, 3.8) is 0 Å². The van der Waals surface area contributed by atoms with Gasteiger partial charge in [0.15, 0.2) is 0 Å². The van der Waals surface area contributed by atoms with E-state index in [-0.39, 0.29) is 18.1 Å². The Hall–Kier alpha value is -2.75. The van der Waals surface area contributed by atoms with Gasteiger partial charge in [-0.2, -0.15) is 0 Å². The van der Waals surface area contributed by atoms with Crippen molar-refractivity contribution >= 4 is 16.8 Å². The van der Waals surface area contributed by atoms with Gasteiger partial charge in [-0.25, -0.2) is 0 Å². The van der Waals surface area contributed by atoms with Gasteiger partial charge in [-0.15, -0.1) is 0 Å². The summed E-state index contributed by atoms with van der Waals surface area (Å²) in [5.41, 5.74) is 3.03. The van der Waals surface area contributed by atoms with E-state index in [1.807, 2.05) is 24.3 Å². The van der Waals surface area contributed by atoms with Crippen molar-refractivity contribution in [1.82, 2.24) is 10.3 Å². The van der Waals surface area contributed by atoms with Crippen molar-refractivity contribution in [2.75, 3.05) is 6.54 Å². The molecule has 0 atom stereocenters. The zero-order valence-corrected chi connectivity index (χ0v) is 12.2. The lowest BCUT2D eigenvalue weighted by molar-refractivity contribution is -0.120. The fourth-order valence-corrected chi connectivity index (χ4v) is 2.52. The summed E-state index contributed by atoms with van der Waals surface area (Å²) in [6.45, 7) is 0.588. The number of carbonyl (C=O) groups is 1. The van der Waals surface area contributed by atoms with Crippen LogP contribution in [0.25, 0.3) is 10.9 Å². The Morgan fingerprint density at radius 3 is 2.77 bits per heavy atom. The number of nitrogens with one attached hydrogen (secondary N) is 2. The van der Waals surface area contributed by atoms with Crippen molar-refractivity contribution < 1.29 is 9.90 Å². The second kappa shape index (κ2) is 6.35. The van der Waals surface area contributed by atoms with Gasteiger partial charge in [0.2, 0.25) is 5.91 Å². The molecule has 1 heterocycles. The molecule has 0 aliphatic carbocycles. The summed E-state index contributed by atoms with van der Waals surface area (Å²) in [4.78, 5) is 15.2. The number of rotatable bonds is 5. The third kappa shape index (κ3) is 3.47. The summed E-state index contributed by atoms with van der Waals surface area (Å²) >= 11 is 0. The standard InChI is InChI=1S/C18H18N2O2/c21-16-6-3-4-13(10-16)11-18(22)19-9-8-15-12-14-5-1-2-7-17(14)20-15/h1-7,10,12,20-21H,8-9,11H2,(H,19,22). The molecule has 0 saturated carbocycles. The second-order valence-electron chi connectivity index (χ2n) is 5.33. The molecule has 0 aliphatic heterocycles. The van der Waals surface area contributed by atoms with Gasteiger partial charge in [0.05, 0.1) is 6.42 Å². The molecule has 0 spiro atoms. The molecule has 3 N–H and O–H groups in total. The Bertz CT molecular complexity index is 759. The minimum absolute atomic E-state index is 0.0401. The summed E-state index contributed by atoms with van der Waals surface area (Å²) in [5.74, 6) is 0.144. The highest BCUT2D eigenvalue weighted by molar-refractivity contribution is 5.80. The van der Waals surface area contributed by atoms with Gasteiger partial charge in [0, 0.05) is 24.2 Å². The van der Waals surface area contributed by atoms with Crippen LogP contribution < -0.4 is 5.32 Å². The molecule has 0 aliphatic rings. The molecule has 4 nitrogen and oxygen atoms in total. The summed E-state index contributed by atoms with van der Waals surface area (Å²) in [6.07, 6.45) is 1.04. The number of para-hydroxylation sites is 1. The minimum Gasteiger partial charge on any atom is -0.508 e.